The molecule has 1 heteroatoms. The fourth-order valence-corrected chi connectivity index (χ4v) is 1.16. The summed E-state index contributed by atoms with van der Waals surface area (Å²) in [5.74, 6) is 1.92. The molecule has 0 unspecified atom stereocenters. The summed E-state index contributed by atoms with van der Waals surface area (Å²) in [6, 6.07) is 3.93. The molecule has 1 aromatic rings. The summed E-state index contributed by atoms with van der Waals surface area (Å²) in [5, 5.41) is 0. The minimum Gasteiger partial charge on any atom is -0.449 e. The van der Waals surface area contributed by atoms with Crippen molar-refractivity contribution in [3.05, 3.63) is 36.4 Å². The van der Waals surface area contributed by atoms with Crippen LogP contribution in [0.5, 0.6) is 11.5 Å². The summed E-state index contributed by atoms with van der Waals surface area (Å²) in [4.78, 5) is 0. The van der Waals surface area contributed by atoms with E-state index in [0.29, 0.717) is 0 Å². The molecule has 0 radical (unpaired) electrons. The van der Waals surface area contributed by atoms with Gasteiger partial charge in [0.15, 0.2) is 11.5 Å². The SMILES string of the molecule is C=Cc1ccc2c(c1C=C)O2. The summed E-state index contributed by atoms with van der Waals surface area (Å²) in [5.41, 5.74) is 2.13. The Labute approximate surface area is 65.6 Å². The first-order valence-corrected chi connectivity index (χ1v) is 3.46. The predicted molar refractivity (Wildman–Crippen MR) is 46.7 cm³/mol. The highest BCUT2D eigenvalue weighted by molar-refractivity contribution is 5.77. The Kier molecular flexibility index (Phi) is 1.13. The average Bonchev–Trinajstić information content (AvgIpc) is 2.80. The van der Waals surface area contributed by atoms with E-state index in [1.165, 1.54) is 0 Å². The Morgan fingerprint density at radius 3 is 2.64 bits per heavy atom. The van der Waals surface area contributed by atoms with Crippen molar-refractivity contribution in [1.29, 1.82) is 0 Å². The molecule has 0 fully saturated rings. The molecule has 11 heavy (non-hydrogen) atoms. The standard InChI is InChI=1S/C10H8O/c1-3-7-5-6-9-10(11-9)8(7)4-2/h3-6H,1-2H2. The fraction of sp³-hybridized carbons (Fsp3) is 0. The summed E-state index contributed by atoms with van der Waals surface area (Å²) >= 11 is 0. The minimum absolute atomic E-state index is 0.956. The van der Waals surface area contributed by atoms with Crippen molar-refractivity contribution in [3.8, 4) is 11.5 Å². The fourth-order valence-electron chi connectivity index (χ4n) is 1.16. The van der Waals surface area contributed by atoms with E-state index in [4.69, 9.17) is 4.74 Å². The Morgan fingerprint density at radius 1 is 1.18 bits per heavy atom. The Hall–Kier alpha value is -1.50. The lowest BCUT2D eigenvalue weighted by atomic mass is 10.1. The Balaban J connectivity index is 2.66. The Morgan fingerprint density at radius 2 is 2.00 bits per heavy atom. The van der Waals surface area contributed by atoms with Crippen molar-refractivity contribution in [3.63, 3.8) is 0 Å². The number of benzene rings is 1. The van der Waals surface area contributed by atoms with Gasteiger partial charge in [0, 0.05) is 5.56 Å². The van der Waals surface area contributed by atoms with Crippen LogP contribution in [0.1, 0.15) is 11.1 Å². The van der Waals surface area contributed by atoms with Gasteiger partial charge in [-0.2, -0.15) is 0 Å². The van der Waals surface area contributed by atoms with Gasteiger partial charge in [0.1, 0.15) is 0 Å². The van der Waals surface area contributed by atoms with Crippen molar-refractivity contribution >= 4 is 12.2 Å². The molecule has 0 aliphatic carbocycles. The van der Waals surface area contributed by atoms with E-state index in [2.05, 4.69) is 13.2 Å². The van der Waals surface area contributed by atoms with Gasteiger partial charge < -0.3 is 4.74 Å². The summed E-state index contributed by atoms with van der Waals surface area (Å²) < 4.78 is 5.18. The van der Waals surface area contributed by atoms with Gasteiger partial charge in [-0.15, -0.1) is 0 Å². The van der Waals surface area contributed by atoms with E-state index in [-0.39, 0.29) is 0 Å². The van der Waals surface area contributed by atoms with Gasteiger partial charge in [0.2, 0.25) is 0 Å². The second kappa shape index (κ2) is 1.99. The maximum Gasteiger partial charge on any atom is 0.177 e. The van der Waals surface area contributed by atoms with Gasteiger partial charge in [-0.1, -0.05) is 31.4 Å². The summed E-state index contributed by atoms with van der Waals surface area (Å²) in [7, 11) is 0. The lowest BCUT2D eigenvalue weighted by Gasteiger charge is -1.93. The van der Waals surface area contributed by atoms with E-state index >= 15 is 0 Å². The van der Waals surface area contributed by atoms with Crippen LogP contribution >= 0.6 is 0 Å². The van der Waals surface area contributed by atoms with Crippen molar-refractivity contribution < 1.29 is 4.74 Å². The van der Waals surface area contributed by atoms with Gasteiger partial charge in [0.25, 0.3) is 0 Å². The number of hydrogen-bond donors (Lipinski definition) is 0. The topological polar surface area (TPSA) is 12.5 Å². The molecule has 0 spiro atoms. The molecule has 1 nitrogen and oxygen atoms in total. The first-order chi connectivity index (χ1) is 5.36. The quantitative estimate of drug-likeness (QED) is 0.590. The lowest BCUT2D eigenvalue weighted by Crippen LogP contribution is -1.72. The Bertz CT molecular complexity index is 337. The second-order valence-electron chi connectivity index (χ2n) is 2.41. The highest BCUT2D eigenvalue weighted by atomic mass is 16.6. The number of hydrogen-bond acceptors (Lipinski definition) is 1. The number of fused-ring (bicyclic) bond motifs is 1. The highest BCUT2D eigenvalue weighted by Gasteiger charge is 2.23. The minimum atomic E-state index is 0.956. The van der Waals surface area contributed by atoms with E-state index in [0.717, 1.165) is 22.6 Å². The van der Waals surface area contributed by atoms with Crippen molar-refractivity contribution in [2.45, 2.75) is 0 Å². The van der Waals surface area contributed by atoms with Crippen LogP contribution < -0.4 is 4.74 Å². The molecule has 0 saturated heterocycles. The molecule has 1 aromatic carbocycles. The molecule has 2 rings (SSSR count). The monoisotopic (exact) mass is 144 g/mol. The van der Waals surface area contributed by atoms with Crippen LogP contribution in [0.2, 0.25) is 0 Å². The van der Waals surface area contributed by atoms with Crippen molar-refractivity contribution in [1.82, 2.24) is 0 Å². The zero-order chi connectivity index (χ0) is 7.84. The largest absolute Gasteiger partial charge is 0.449 e. The molecule has 0 bridgehead atoms. The molecule has 0 atom stereocenters. The van der Waals surface area contributed by atoms with Gasteiger partial charge in [-0.25, -0.2) is 0 Å². The van der Waals surface area contributed by atoms with Gasteiger partial charge in [-0.3, -0.25) is 0 Å². The number of ether oxygens (including phenoxy) is 1. The number of rotatable bonds is 2. The zero-order valence-electron chi connectivity index (χ0n) is 6.13. The molecule has 54 valence electrons. The second-order valence-corrected chi connectivity index (χ2v) is 2.41. The normalized spacial score (nSPS) is 11.3. The molecule has 1 heterocycles. The third kappa shape index (κ3) is 0.777. The van der Waals surface area contributed by atoms with Crippen LogP contribution in [0.15, 0.2) is 25.3 Å². The summed E-state index contributed by atoms with van der Waals surface area (Å²) in [6.45, 7) is 7.41. The van der Waals surface area contributed by atoms with Crippen molar-refractivity contribution in [2.75, 3.05) is 0 Å². The maximum atomic E-state index is 5.18. The van der Waals surface area contributed by atoms with Crippen LogP contribution in [-0.4, -0.2) is 0 Å². The van der Waals surface area contributed by atoms with Crippen LogP contribution in [0.25, 0.3) is 12.2 Å². The van der Waals surface area contributed by atoms with Crippen LogP contribution in [-0.2, 0) is 0 Å². The first kappa shape index (κ1) is 6.23. The van der Waals surface area contributed by atoms with E-state index in [9.17, 15) is 0 Å². The van der Waals surface area contributed by atoms with E-state index in [1.54, 1.807) is 12.2 Å². The maximum absolute atomic E-state index is 5.18. The molecular weight excluding hydrogens is 136 g/mol. The third-order valence-electron chi connectivity index (χ3n) is 1.79. The van der Waals surface area contributed by atoms with Crippen LogP contribution in [0.3, 0.4) is 0 Å². The molecule has 0 saturated carbocycles. The average molecular weight is 144 g/mol. The summed E-state index contributed by atoms with van der Waals surface area (Å²) in [6.07, 6.45) is 3.60. The molecular formula is C10H8O. The first-order valence-electron chi connectivity index (χ1n) is 3.46. The van der Waals surface area contributed by atoms with Crippen LogP contribution in [0, 0.1) is 0 Å². The van der Waals surface area contributed by atoms with Crippen LogP contribution in [0.4, 0.5) is 0 Å². The predicted octanol–water partition coefficient (Wildman–Crippen LogP) is 3.08. The molecule has 0 N–H and O–H groups in total. The van der Waals surface area contributed by atoms with Gasteiger partial charge >= 0.3 is 0 Å². The van der Waals surface area contributed by atoms with E-state index in [1.807, 2.05) is 12.1 Å². The lowest BCUT2D eigenvalue weighted by molar-refractivity contribution is 0.649. The smallest absolute Gasteiger partial charge is 0.177 e. The zero-order valence-corrected chi connectivity index (χ0v) is 6.13. The highest BCUT2D eigenvalue weighted by Crippen LogP contribution is 2.49. The van der Waals surface area contributed by atoms with E-state index < -0.39 is 0 Å². The van der Waals surface area contributed by atoms with Gasteiger partial charge in [-0.05, 0) is 11.6 Å². The van der Waals surface area contributed by atoms with Crippen molar-refractivity contribution in [2.24, 2.45) is 0 Å². The molecule has 1 aliphatic heterocycles. The molecule has 0 aromatic heterocycles. The third-order valence-corrected chi connectivity index (χ3v) is 1.79. The van der Waals surface area contributed by atoms with Gasteiger partial charge in [0.05, 0.1) is 0 Å². The molecule has 1 aliphatic rings. The molecule has 0 amide bonds.